The van der Waals surface area contributed by atoms with Crippen LogP contribution in [-0.2, 0) is 6.42 Å². The Morgan fingerprint density at radius 1 is 1.32 bits per heavy atom. The van der Waals surface area contributed by atoms with Gasteiger partial charge in [-0.1, -0.05) is 38.1 Å². The minimum Gasteiger partial charge on any atom is -0.375 e. The number of aryl methyl sites for hydroxylation is 1. The van der Waals surface area contributed by atoms with Crippen LogP contribution in [0.25, 0.3) is 0 Å². The molecule has 1 aromatic heterocycles. The van der Waals surface area contributed by atoms with Gasteiger partial charge in [-0.05, 0) is 36.3 Å². The van der Waals surface area contributed by atoms with Gasteiger partial charge in [0.15, 0.2) is 5.13 Å². The molecule has 3 rings (SSSR count). The maximum absolute atomic E-state index is 5.90. The number of anilines is 1. The highest BCUT2D eigenvalue weighted by atomic mass is 32.1. The normalized spacial score (nSPS) is 18.6. The van der Waals surface area contributed by atoms with Crippen molar-refractivity contribution < 1.29 is 0 Å². The van der Waals surface area contributed by atoms with Gasteiger partial charge in [0.25, 0.3) is 0 Å². The van der Waals surface area contributed by atoms with E-state index < -0.39 is 0 Å². The fourth-order valence-electron chi connectivity index (χ4n) is 3.09. The van der Waals surface area contributed by atoms with Crippen molar-refractivity contribution in [2.24, 2.45) is 0 Å². The molecule has 0 saturated carbocycles. The predicted octanol–water partition coefficient (Wildman–Crippen LogP) is 4.32. The first-order chi connectivity index (χ1) is 9.16. The number of nitrogens with two attached hydrogens (primary N) is 1. The molecule has 2 nitrogen and oxygen atoms in total. The summed E-state index contributed by atoms with van der Waals surface area (Å²) in [5.41, 5.74) is 10.1. The van der Waals surface area contributed by atoms with Crippen LogP contribution in [0.2, 0.25) is 0 Å². The number of benzene rings is 1. The maximum Gasteiger partial charge on any atom is 0.180 e. The van der Waals surface area contributed by atoms with Gasteiger partial charge in [0, 0.05) is 10.8 Å². The van der Waals surface area contributed by atoms with Crippen LogP contribution in [0.4, 0.5) is 5.13 Å². The minimum atomic E-state index is 0.497. The first kappa shape index (κ1) is 12.7. The number of nitrogens with zero attached hydrogens (tertiary/aromatic N) is 1. The number of thiazole rings is 1. The summed E-state index contributed by atoms with van der Waals surface area (Å²) in [6.45, 7) is 4.53. The zero-order chi connectivity index (χ0) is 13.4. The van der Waals surface area contributed by atoms with Crippen molar-refractivity contribution in [3.05, 3.63) is 46.0 Å². The lowest BCUT2D eigenvalue weighted by Gasteiger charge is -2.25. The van der Waals surface area contributed by atoms with Crippen LogP contribution in [0, 0.1) is 0 Å². The number of hydrogen-bond acceptors (Lipinski definition) is 3. The number of rotatable bonds is 2. The molecular formula is C16H20N2S. The topological polar surface area (TPSA) is 38.9 Å². The quantitative estimate of drug-likeness (QED) is 0.884. The van der Waals surface area contributed by atoms with Crippen LogP contribution in [-0.4, -0.2) is 4.98 Å². The van der Waals surface area contributed by atoms with E-state index in [9.17, 15) is 0 Å². The molecule has 0 aliphatic heterocycles. The number of fused-ring (bicyclic) bond motifs is 1. The Morgan fingerprint density at radius 2 is 2.11 bits per heavy atom. The second kappa shape index (κ2) is 4.97. The molecule has 0 bridgehead atoms. The number of hydrogen-bond donors (Lipinski definition) is 1. The maximum atomic E-state index is 5.90. The van der Waals surface area contributed by atoms with Crippen LogP contribution in [0.3, 0.4) is 0 Å². The van der Waals surface area contributed by atoms with E-state index in [0.29, 0.717) is 11.8 Å². The van der Waals surface area contributed by atoms with Crippen molar-refractivity contribution in [3.8, 4) is 0 Å². The molecule has 1 unspecified atom stereocenters. The number of aromatic nitrogens is 1. The van der Waals surface area contributed by atoms with E-state index in [0.717, 1.165) is 11.6 Å². The third kappa shape index (κ3) is 2.27. The molecule has 0 saturated heterocycles. The lowest BCUT2D eigenvalue weighted by Crippen LogP contribution is -2.11. The summed E-state index contributed by atoms with van der Waals surface area (Å²) in [4.78, 5) is 5.90. The highest BCUT2D eigenvalue weighted by Gasteiger charge is 2.27. The Labute approximate surface area is 118 Å². The Balaban J connectivity index is 2.09. The van der Waals surface area contributed by atoms with E-state index in [1.807, 2.05) is 0 Å². The largest absolute Gasteiger partial charge is 0.375 e. The molecule has 0 spiro atoms. The van der Waals surface area contributed by atoms with Gasteiger partial charge >= 0.3 is 0 Å². The summed E-state index contributed by atoms with van der Waals surface area (Å²) in [6.07, 6.45) is 3.52. The minimum absolute atomic E-state index is 0.497. The zero-order valence-electron chi connectivity index (χ0n) is 11.5. The Morgan fingerprint density at radius 3 is 2.89 bits per heavy atom. The molecule has 0 fully saturated rings. The molecule has 0 amide bonds. The Bertz CT molecular complexity index is 586. The van der Waals surface area contributed by atoms with E-state index in [2.05, 4.69) is 43.1 Å². The first-order valence-electron chi connectivity index (χ1n) is 7.00. The van der Waals surface area contributed by atoms with Crippen molar-refractivity contribution in [3.63, 3.8) is 0 Å². The first-order valence-corrected chi connectivity index (χ1v) is 7.82. The van der Waals surface area contributed by atoms with Crippen molar-refractivity contribution in [1.29, 1.82) is 0 Å². The average molecular weight is 272 g/mol. The highest BCUT2D eigenvalue weighted by Crippen LogP contribution is 2.42. The molecule has 2 N–H and O–H groups in total. The Kier molecular flexibility index (Phi) is 3.31. The summed E-state index contributed by atoms with van der Waals surface area (Å²) in [5.74, 6) is 1.06. The average Bonchev–Trinajstić information content (AvgIpc) is 2.78. The van der Waals surface area contributed by atoms with E-state index >= 15 is 0 Å². The second-order valence-electron chi connectivity index (χ2n) is 5.59. The SMILES string of the molecule is CC(C)c1ccccc1C1CCCc2nc(N)sc21. The smallest absolute Gasteiger partial charge is 0.180 e. The lowest BCUT2D eigenvalue weighted by molar-refractivity contribution is 0.610. The van der Waals surface area contributed by atoms with Crippen molar-refractivity contribution in [2.45, 2.75) is 44.9 Å². The molecule has 1 aliphatic rings. The lowest BCUT2D eigenvalue weighted by atomic mass is 9.81. The monoisotopic (exact) mass is 272 g/mol. The van der Waals surface area contributed by atoms with E-state index in [1.54, 1.807) is 11.3 Å². The van der Waals surface area contributed by atoms with Crippen LogP contribution in [0.1, 0.15) is 60.2 Å². The van der Waals surface area contributed by atoms with Gasteiger partial charge in [0.1, 0.15) is 0 Å². The van der Waals surface area contributed by atoms with Gasteiger partial charge in [0.2, 0.25) is 0 Å². The number of nitrogen functional groups attached to an aromatic ring is 1. The summed E-state index contributed by atoms with van der Waals surface area (Å²) < 4.78 is 0. The van der Waals surface area contributed by atoms with E-state index in [-0.39, 0.29) is 0 Å². The van der Waals surface area contributed by atoms with E-state index in [1.165, 1.54) is 34.5 Å². The molecular weight excluding hydrogens is 252 g/mol. The summed E-state index contributed by atoms with van der Waals surface area (Å²) in [6, 6.07) is 8.84. The molecule has 1 aliphatic carbocycles. The second-order valence-corrected chi connectivity index (χ2v) is 6.65. The molecule has 19 heavy (non-hydrogen) atoms. The van der Waals surface area contributed by atoms with Gasteiger partial charge in [-0.2, -0.15) is 0 Å². The van der Waals surface area contributed by atoms with Gasteiger partial charge < -0.3 is 5.73 Å². The van der Waals surface area contributed by atoms with Crippen molar-refractivity contribution in [1.82, 2.24) is 4.98 Å². The van der Waals surface area contributed by atoms with Crippen molar-refractivity contribution in [2.75, 3.05) is 5.73 Å². The molecule has 2 aromatic rings. The standard InChI is InChI=1S/C16H20N2S/c1-10(2)11-6-3-4-7-12(11)13-8-5-9-14-15(13)19-16(17)18-14/h3-4,6-7,10,13H,5,8-9H2,1-2H3,(H2,17,18). The van der Waals surface area contributed by atoms with Crippen LogP contribution in [0.15, 0.2) is 24.3 Å². The molecule has 1 atom stereocenters. The molecule has 1 heterocycles. The molecule has 0 radical (unpaired) electrons. The molecule has 1 aromatic carbocycles. The van der Waals surface area contributed by atoms with Crippen molar-refractivity contribution >= 4 is 16.5 Å². The van der Waals surface area contributed by atoms with Gasteiger partial charge in [0.05, 0.1) is 5.69 Å². The molecule has 3 heteroatoms. The molecule has 100 valence electrons. The fraction of sp³-hybridized carbons (Fsp3) is 0.438. The summed E-state index contributed by atoms with van der Waals surface area (Å²) in [7, 11) is 0. The third-order valence-electron chi connectivity index (χ3n) is 3.96. The van der Waals surface area contributed by atoms with E-state index in [4.69, 9.17) is 5.73 Å². The fourth-order valence-corrected chi connectivity index (χ4v) is 4.12. The zero-order valence-corrected chi connectivity index (χ0v) is 12.3. The van der Waals surface area contributed by atoms with Crippen LogP contribution >= 0.6 is 11.3 Å². The Hall–Kier alpha value is -1.35. The van der Waals surface area contributed by atoms with Gasteiger partial charge in [-0.15, -0.1) is 11.3 Å². The summed E-state index contributed by atoms with van der Waals surface area (Å²) >= 11 is 1.68. The van der Waals surface area contributed by atoms with Crippen LogP contribution < -0.4 is 5.73 Å². The predicted molar refractivity (Wildman–Crippen MR) is 81.8 cm³/mol. The van der Waals surface area contributed by atoms with Crippen LogP contribution in [0.5, 0.6) is 0 Å². The summed E-state index contributed by atoms with van der Waals surface area (Å²) in [5, 5.41) is 0.721. The highest BCUT2D eigenvalue weighted by molar-refractivity contribution is 7.15. The third-order valence-corrected chi connectivity index (χ3v) is 5.00. The van der Waals surface area contributed by atoms with Gasteiger partial charge in [-0.25, -0.2) is 4.98 Å². The van der Waals surface area contributed by atoms with Gasteiger partial charge in [-0.3, -0.25) is 0 Å².